The minimum atomic E-state index is -0.984. The Morgan fingerprint density at radius 2 is 2.04 bits per heavy atom. The normalized spacial score (nSPS) is 17.2. The quantitative estimate of drug-likeness (QED) is 0.805. The van der Waals surface area contributed by atoms with E-state index >= 15 is 0 Å². The molecule has 0 aromatic heterocycles. The third-order valence-corrected chi connectivity index (χ3v) is 4.51. The minimum Gasteiger partial charge on any atom is -0.481 e. The van der Waals surface area contributed by atoms with Gasteiger partial charge in [0.05, 0.1) is 11.5 Å². The Hall–Kier alpha value is -1.98. The summed E-state index contributed by atoms with van der Waals surface area (Å²) in [7, 11) is 0. The molecular weight excluding hydrogens is 304 g/mol. The van der Waals surface area contributed by atoms with Crippen LogP contribution in [-0.2, 0) is 9.59 Å². The molecule has 0 saturated heterocycles. The number of carboxylic acids is 1. The molecule has 1 aliphatic rings. The van der Waals surface area contributed by atoms with E-state index in [0.717, 1.165) is 18.6 Å². The van der Waals surface area contributed by atoms with E-state index in [9.17, 15) is 23.5 Å². The van der Waals surface area contributed by atoms with E-state index in [4.69, 9.17) is 0 Å². The monoisotopic (exact) mass is 325 g/mol. The summed E-state index contributed by atoms with van der Waals surface area (Å²) in [5.41, 5.74) is -0.762. The van der Waals surface area contributed by atoms with Crippen molar-refractivity contribution in [1.82, 2.24) is 5.32 Å². The Kier molecular flexibility index (Phi) is 5.34. The highest BCUT2D eigenvalue weighted by Crippen LogP contribution is 2.44. The number of carbonyl (C=O) groups excluding carboxylic acids is 1. The van der Waals surface area contributed by atoms with Crippen LogP contribution < -0.4 is 5.32 Å². The molecule has 0 spiro atoms. The second-order valence-corrected chi connectivity index (χ2v) is 6.19. The SMILES string of the molecule is CCCC(NC(=O)CC1(C(=O)O)CCC1)c1ccc(F)cc1F. The Balaban J connectivity index is 2.09. The van der Waals surface area contributed by atoms with Crippen molar-refractivity contribution in [2.24, 2.45) is 5.41 Å². The molecule has 1 saturated carbocycles. The van der Waals surface area contributed by atoms with Crippen LogP contribution in [0.5, 0.6) is 0 Å². The number of hydrogen-bond donors (Lipinski definition) is 2. The van der Waals surface area contributed by atoms with Crippen molar-refractivity contribution in [2.75, 3.05) is 0 Å². The standard InChI is InChI=1S/C17H21F2NO3/c1-2-4-14(12-6-5-11(18)9-13(12)19)20-15(21)10-17(16(22)23)7-3-8-17/h5-6,9,14H,2-4,7-8,10H2,1H3,(H,20,21)(H,22,23). The Labute approximate surface area is 133 Å². The van der Waals surface area contributed by atoms with Gasteiger partial charge in [-0.25, -0.2) is 8.78 Å². The fourth-order valence-electron chi connectivity index (χ4n) is 3.00. The number of benzene rings is 1. The van der Waals surface area contributed by atoms with E-state index in [1.807, 2.05) is 6.92 Å². The summed E-state index contributed by atoms with van der Waals surface area (Å²) >= 11 is 0. The molecular formula is C17H21F2NO3. The smallest absolute Gasteiger partial charge is 0.310 e. The lowest BCUT2D eigenvalue weighted by molar-refractivity contribution is -0.157. The number of amides is 1. The van der Waals surface area contributed by atoms with Crippen molar-refractivity contribution in [3.63, 3.8) is 0 Å². The summed E-state index contributed by atoms with van der Waals surface area (Å²) in [4.78, 5) is 23.6. The van der Waals surface area contributed by atoms with Crippen LogP contribution in [0.25, 0.3) is 0 Å². The van der Waals surface area contributed by atoms with E-state index < -0.39 is 35.0 Å². The molecule has 1 aromatic carbocycles. The first-order chi connectivity index (χ1) is 10.9. The first-order valence-corrected chi connectivity index (χ1v) is 7.85. The molecule has 1 aliphatic carbocycles. The van der Waals surface area contributed by atoms with Gasteiger partial charge in [-0.3, -0.25) is 9.59 Å². The third-order valence-electron chi connectivity index (χ3n) is 4.51. The van der Waals surface area contributed by atoms with Gasteiger partial charge in [-0.2, -0.15) is 0 Å². The average Bonchev–Trinajstić information content (AvgIpc) is 2.42. The van der Waals surface area contributed by atoms with E-state index in [1.165, 1.54) is 6.07 Å². The topological polar surface area (TPSA) is 66.4 Å². The molecule has 2 rings (SSSR count). The molecule has 1 fully saturated rings. The van der Waals surface area contributed by atoms with Crippen molar-refractivity contribution in [3.05, 3.63) is 35.4 Å². The first-order valence-electron chi connectivity index (χ1n) is 7.85. The average molecular weight is 325 g/mol. The van der Waals surface area contributed by atoms with Crippen LogP contribution >= 0.6 is 0 Å². The van der Waals surface area contributed by atoms with Gasteiger partial charge in [-0.15, -0.1) is 0 Å². The molecule has 6 heteroatoms. The largest absolute Gasteiger partial charge is 0.481 e. The summed E-state index contributed by atoms with van der Waals surface area (Å²) in [6, 6.07) is 2.67. The van der Waals surface area contributed by atoms with Gasteiger partial charge in [-0.05, 0) is 25.3 Å². The van der Waals surface area contributed by atoms with Crippen LogP contribution in [0.1, 0.15) is 57.1 Å². The molecule has 0 radical (unpaired) electrons. The van der Waals surface area contributed by atoms with Crippen molar-refractivity contribution >= 4 is 11.9 Å². The van der Waals surface area contributed by atoms with Crippen LogP contribution in [0.3, 0.4) is 0 Å². The number of nitrogens with one attached hydrogen (secondary N) is 1. The lowest BCUT2D eigenvalue weighted by Gasteiger charge is -2.37. The van der Waals surface area contributed by atoms with Gasteiger partial charge in [0, 0.05) is 18.1 Å². The molecule has 2 N–H and O–H groups in total. The molecule has 1 aromatic rings. The van der Waals surface area contributed by atoms with E-state index in [1.54, 1.807) is 0 Å². The molecule has 1 amide bonds. The number of aliphatic carboxylic acids is 1. The molecule has 0 heterocycles. The van der Waals surface area contributed by atoms with Crippen LogP contribution in [0, 0.1) is 17.0 Å². The number of hydrogen-bond acceptors (Lipinski definition) is 2. The highest BCUT2D eigenvalue weighted by atomic mass is 19.1. The number of rotatable bonds is 7. The zero-order valence-corrected chi connectivity index (χ0v) is 13.1. The van der Waals surface area contributed by atoms with E-state index in [-0.39, 0.29) is 12.0 Å². The fraction of sp³-hybridized carbons (Fsp3) is 0.529. The maximum absolute atomic E-state index is 13.9. The number of halogens is 2. The Morgan fingerprint density at radius 1 is 1.35 bits per heavy atom. The van der Waals surface area contributed by atoms with Gasteiger partial charge in [0.1, 0.15) is 11.6 Å². The van der Waals surface area contributed by atoms with Gasteiger partial charge >= 0.3 is 5.97 Å². The Bertz CT molecular complexity index is 600. The summed E-state index contributed by atoms with van der Waals surface area (Å²) < 4.78 is 27.0. The molecule has 1 atom stereocenters. The predicted molar refractivity (Wildman–Crippen MR) is 80.7 cm³/mol. The van der Waals surface area contributed by atoms with Crippen LogP contribution in [0.15, 0.2) is 18.2 Å². The summed E-state index contributed by atoms with van der Waals surface area (Å²) in [5.74, 6) is -2.75. The highest BCUT2D eigenvalue weighted by molar-refractivity contribution is 5.85. The molecule has 0 bridgehead atoms. The zero-order valence-electron chi connectivity index (χ0n) is 13.1. The highest BCUT2D eigenvalue weighted by Gasteiger charge is 2.46. The lowest BCUT2D eigenvalue weighted by Crippen LogP contribution is -2.43. The van der Waals surface area contributed by atoms with Crippen LogP contribution in [0.4, 0.5) is 8.78 Å². The molecule has 4 nitrogen and oxygen atoms in total. The maximum atomic E-state index is 13.9. The lowest BCUT2D eigenvalue weighted by atomic mass is 9.66. The molecule has 0 aliphatic heterocycles. The minimum absolute atomic E-state index is 0.106. The van der Waals surface area contributed by atoms with E-state index in [2.05, 4.69) is 5.32 Å². The van der Waals surface area contributed by atoms with Gasteiger partial charge in [0.15, 0.2) is 0 Å². The molecule has 23 heavy (non-hydrogen) atoms. The molecule has 126 valence electrons. The van der Waals surface area contributed by atoms with Crippen LogP contribution in [0.2, 0.25) is 0 Å². The summed E-state index contributed by atoms with van der Waals surface area (Å²) in [6.45, 7) is 1.89. The predicted octanol–water partition coefficient (Wildman–Crippen LogP) is 3.57. The van der Waals surface area contributed by atoms with E-state index in [0.29, 0.717) is 25.7 Å². The van der Waals surface area contributed by atoms with Crippen LogP contribution in [-0.4, -0.2) is 17.0 Å². The van der Waals surface area contributed by atoms with Gasteiger partial charge < -0.3 is 10.4 Å². The first kappa shape index (κ1) is 17.4. The van der Waals surface area contributed by atoms with Gasteiger partial charge in [0.2, 0.25) is 5.91 Å². The number of carbonyl (C=O) groups is 2. The van der Waals surface area contributed by atoms with Gasteiger partial charge in [-0.1, -0.05) is 25.8 Å². The van der Waals surface area contributed by atoms with Crippen molar-refractivity contribution in [3.8, 4) is 0 Å². The maximum Gasteiger partial charge on any atom is 0.310 e. The fourth-order valence-corrected chi connectivity index (χ4v) is 3.00. The van der Waals surface area contributed by atoms with Gasteiger partial charge in [0.25, 0.3) is 0 Å². The van der Waals surface area contributed by atoms with Crippen molar-refractivity contribution in [1.29, 1.82) is 0 Å². The summed E-state index contributed by atoms with van der Waals surface area (Å²) in [6.07, 6.45) is 2.86. The zero-order chi connectivity index (χ0) is 17.0. The van der Waals surface area contributed by atoms with Crippen molar-refractivity contribution < 1.29 is 23.5 Å². The third kappa shape index (κ3) is 3.86. The Morgan fingerprint density at radius 3 is 2.52 bits per heavy atom. The summed E-state index contributed by atoms with van der Waals surface area (Å²) in [5, 5.41) is 12.0. The second kappa shape index (κ2) is 7.06. The second-order valence-electron chi connectivity index (χ2n) is 6.19. The van der Waals surface area contributed by atoms with Crippen molar-refractivity contribution in [2.45, 2.75) is 51.5 Å². The number of carboxylic acid groups (broad SMARTS) is 1. The molecule has 1 unspecified atom stereocenters.